The second-order valence-corrected chi connectivity index (χ2v) is 8.06. The number of hydrazone groups is 1. The fraction of sp³-hybridized carbons (Fsp3) is 0.136. The first-order valence-electron chi connectivity index (χ1n) is 8.84. The predicted molar refractivity (Wildman–Crippen MR) is 111 cm³/mol. The molecule has 0 radical (unpaired) electrons. The molecule has 0 spiro atoms. The van der Waals surface area contributed by atoms with Gasteiger partial charge in [0.1, 0.15) is 12.4 Å². The van der Waals surface area contributed by atoms with Crippen LogP contribution >= 0.6 is 0 Å². The van der Waals surface area contributed by atoms with Crippen LogP contribution in [-0.4, -0.2) is 14.1 Å². The van der Waals surface area contributed by atoms with E-state index < -0.39 is 10.0 Å². The average Bonchev–Trinajstić information content (AvgIpc) is 2.72. The van der Waals surface area contributed by atoms with E-state index in [4.69, 9.17) is 4.74 Å². The van der Waals surface area contributed by atoms with Gasteiger partial charge in [-0.05, 0) is 61.4 Å². The molecule has 0 aliphatic carbocycles. The van der Waals surface area contributed by atoms with Gasteiger partial charge in [0.2, 0.25) is 0 Å². The molecule has 0 bridgehead atoms. The molecule has 0 fully saturated rings. The summed E-state index contributed by atoms with van der Waals surface area (Å²) in [5.41, 5.74) is 3.45. The Bertz CT molecular complexity index is 1040. The van der Waals surface area contributed by atoms with E-state index in [2.05, 4.69) is 9.93 Å². The normalized spacial score (nSPS) is 11.9. The van der Waals surface area contributed by atoms with Crippen LogP contribution in [0.3, 0.4) is 0 Å². The van der Waals surface area contributed by atoms with Crippen molar-refractivity contribution in [1.29, 1.82) is 0 Å². The summed E-state index contributed by atoms with van der Waals surface area (Å²) in [6.45, 7) is 4.14. The van der Waals surface area contributed by atoms with Gasteiger partial charge in [0.25, 0.3) is 10.0 Å². The Morgan fingerprint density at radius 1 is 0.929 bits per heavy atom. The number of rotatable bonds is 7. The van der Waals surface area contributed by atoms with Crippen LogP contribution in [0, 0.1) is 6.92 Å². The minimum absolute atomic E-state index is 0.180. The summed E-state index contributed by atoms with van der Waals surface area (Å²) >= 11 is 0. The molecular formula is C22H22N2O3S. The zero-order valence-electron chi connectivity index (χ0n) is 15.8. The molecule has 0 amide bonds. The van der Waals surface area contributed by atoms with Crippen molar-refractivity contribution >= 4 is 15.7 Å². The van der Waals surface area contributed by atoms with E-state index in [0.717, 1.165) is 22.4 Å². The maximum Gasteiger partial charge on any atom is 0.276 e. The molecule has 0 aliphatic rings. The van der Waals surface area contributed by atoms with Crippen molar-refractivity contribution < 1.29 is 13.2 Å². The summed E-state index contributed by atoms with van der Waals surface area (Å²) in [5.74, 6) is 0.737. The van der Waals surface area contributed by atoms with Crippen molar-refractivity contribution in [2.24, 2.45) is 5.10 Å². The monoisotopic (exact) mass is 394 g/mol. The summed E-state index contributed by atoms with van der Waals surface area (Å²) in [6, 6.07) is 23.9. The maximum absolute atomic E-state index is 12.3. The number of nitrogens with zero attached hydrogens (tertiary/aromatic N) is 1. The van der Waals surface area contributed by atoms with Crippen molar-refractivity contribution in [3.05, 3.63) is 95.6 Å². The first kappa shape index (κ1) is 19.6. The Kier molecular flexibility index (Phi) is 6.11. The Balaban J connectivity index is 1.63. The molecule has 3 aromatic rings. The zero-order chi connectivity index (χ0) is 20.0. The SMILES string of the molecule is C/C(=N/NS(=O)(=O)c1ccc(C)cc1)c1ccc(OCc2ccccc2)cc1. The molecule has 3 aromatic carbocycles. The van der Waals surface area contributed by atoms with Gasteiger partial charge in [-0.3, -0.25) is 0 Å². The molecule has 3 rings (SSSR count). The molecule has 144 valence electrons. The highest BCUT2D eigenvalue weighted by Gasteiger charge is 2.12. The van der Waals surface area contributed by atoms with E-state index in [1.165, 1.54) is 0 Å². The van der Waals surface area contributed by atoms with Gasteiger partial charge in [-0.15, -0.1) is 0 Å². The number of hydrogen-bond donors (Lipinski definition) is 1. The van der Waals surface area contributed by atoms with E-state index in [-0.39, 0.29) is 4.90 Å². The van der Waals surface area contributed by atoms with Crippen molar-refractivity contribution in [3.8, 4) is 5.75 Å². The largest absolute Gasteiger partial charge is 0.489 e. The van der Waals surface area contributed by atoms with Crippen LogP contribution in [0.25, 0.3) is 0 Å². The fourth-order valence-electron chi connectivity index (χ4n) is 2.50. The Labute approximate surface area is 165 Å². The second kappa shape index (κ2) is 8.71. The van der Waals surface area contributed by atoms with Crippen LogP contribution in [0.15, 0.2) is 88.9 Å². The fourth-order valence-corrected chi connectivity index (χ4v) is 3.35. The van der Waals surface area contributed by atoms with Crippen LogP contribution in [0.2, 0.25) is 0 Å². The highest BCUT2D eigenvalue weighted by Crippen LogP contribution is 2.15. The zero-order valence-corrected chi connectivity index (χ0v) is 16.6. The average molecular weight is 394 g/mol. The van der Waals surface area contributed by atoms with Crippen LogP contribution in [0.1, 0.15) is 23.6 Å². The first-order chi connectivity index (χ1) is 13.4. The number of aryl methyl sites for hydroxylation is 1. The first-order valence-corrected chi connectivity index (χ1v) is 10.3. The molecule has 0 aromatic heterocycles. The van der Waals surface area contributed by atoms with Crippen molar-refractivity contribution in [2.75, 3.05) is 0 Å². The summed E-state index contributed by atoms with van der Waals surface area (Å²) < 4.78 is 30.4. The number of hydrogen-bond acceptors (Lipinski definition) is 4. The number of sulfonamides is 1. The summed E-state index contributed by atoms with van der Waals surface area (Å²) in [5, 5.41) is 4.03. The lowest BCUT2D eigenvalue weighted by molar-refractivity contribution is 0.306. The number of ether oxygens (including phenoxy) is 1. The van der Waals surface area contributed by atoms with Crippen molar-refractivity contribution in [1.82, 2.24) is 4.83 Å². The third-order valence-corrected chi connectivity index (χ3v) is 5.41. The summed E-state index contributed by atoms with van der Waals surface area (Å²) in [7, 11) is -3.69. The van der Waals surface area contributed by atoms with Gasteiger partial charge in [-0.1, -0.05) is 48.0 Å². The van der Waals surface area contributed by atoms with E-state index in [1.54, 1.807) is 31.2 Å². The predicted octanol–water partition coefficient (Wildman–Crippen LogP) is 4.28. The topological polar surface area (TPSA) is 67.8 Å². The van der Waals surface area contributed by atoms with Gasteiger partial charge < -0.3 is 4.74 Å². The van der Waals surface area contributed by atoms with E-state index in [0.29, 0.717) is 12.3 Å². The minimum atomic E-state index is -3.69. The number of nitrogens with one attached hydrogen (secondary N) is 1. The quantitative estimate of drug-likeness (QED) is 0.480. The molecule has 0 saturated heterocycles. The molecule has 5 nitrogen and oxygen atoms in total. The molecule has 1 N–H and O–H groups in total. The Hall–Kier alpha value is -3.12. The summed E-state index contributed by atoms with van der Waals surface area (Å²) in [4.78, 5) is 2.46. The van der Waals surface area contributed by atoms with Crippen molar-refractivity contribution in [2.45, 2.75) is 25.3 Å². The Morgan fingerprint density at radius 2 is 1.57 bits per heavy atom. The third-order valence-electron chi connectivity index (χ3n) is 4.19. The highest BCUT2D eigenvalue weighted by atomic mass is 32.2. The molecule has 0 heterocycles. The third kappa shape index (κ3) is 5.20. The van der Waals surface area contributed by atoms with Gasteiger partial charge in [0.15, 0.2) is 0 Å². The smallest absolute Gasteiger partial charge is 0.276 e. The van der Waals surface area contributed by atoms with Gasteiger partial charge in [-0.25, -0.2) is 0 Å². The summed E-state index contributed by atoms with van der Waals surface area (Å²) in [6.07, 6.45) is 0. The molecule has 0 atom stereocenters. The number of benzene rings is 3. The van der Waals surface area contributed by atoms with Crippen LogP contribution in [0.4, 0.5) is 0 Å². The van der Waals surface area contributed by atoms with E-state index >= 15 is 0 Å². The minimum Gasteiger partial charge on any atom is -0.489 e. The van der Waals surface area contributed by atoms with Crippen molar-refractivity contribution in [3.63, 3.8) is 0 Å². The lowest BCUT2D eigenvalue weighted by Gasteiger charge is -2.08. The van der Waals surface area contributed by atoms with Gasteiger partial charge >= 0.3 is 0 Å². The second-order valence-electron chi connectivity index (χ2n) is 6.40. The van der Waals surface area contributed by atoms with Crippen LogP contribution in [-0.2, 0) is 16.6 Å². The molecule has 0 aliphatic heterocycles. The van der Waals surface area contributed by atoms with Crippen LogP contribution < -0.4 is 9.57 Å². The lowest BCUT2D eigenvalue weighted by atomic mass is 10.1. The molecule has 28 heavy (non-hydrogen) atoms. The molecule has 0 saturated carbocycles. The Morgan fingerprint density at radius 3 is 2.21 bits per heavy atom. The standard InChI is InChI=1S/C22H22N2O3S/c1-17-8-14-22(15-9-17)28(25,26)24-23-18(2)20-10-12-21(13-11-20)27-16-19-6-4-3-5-7-19/h3-15,24H,16H2,1-2H3/b23-18-. The molecule has 6 heteroatoms. The van der Waals surface area contributed by atoms with Gasteiger partial charge in [-0.2, -0.15) is 18.4 Å². The van der Waals surface area contributed by atoms with Gasteiger partial charge in [0, 0.05) is 0 Å². The van der Waals surface area contributed by atoms with Gasteiger partial charge in [0.05, 0.1) is 10.6 Å². The molecular weight excluding hydrogens is 372 g/mol. The maximum atomic E-state index is 12.3. The lowest BCUT2D eigenvalue weighted by Crippen LogP contribution is -2.19. The van der Waals surface area contributed by atoms with E-state index in [1.807, 2.05) is 61.5 Å². The highest BCUT2D eigenvalue weighted by molar-refractivity contribution is 7.89. The molecule has 0 unspecified atom stereocenters. The van der Waals surface area contributed by atoms with Crippen LogP contribution in [0.5, 0.6) is 5.75 Å². The van der Waals surface area contributed by atoms with E-state index in [9.17, 15) is 8.42 Å².